The van der Waals surface area contributed by atoms with Crippen LogP contribution in [0, 0.1) is 11.7 Å². The van der Waals surface area contributed by atoms with Gasteiger partial charge in [0.05, 0.1) is 7.11 Å². The third-order valence-corrected chi connectivity index (χ3v) is 2.99. The molecule has 0 amide bonds. The van der Waals surface area contributed by atoms with Crippen LogP contribution >= 0.6 is 0 Å². The summed E-state index contributed by atoms with van der Waals surface area (Å²) in [6, 6.07) is 5.90. The zero-order valence-corrected chi connectivity index (χ0v) is 11.9. The number of carbonyl (C=O) groups excluding carboxylic acids is 1. The molecule has 2 unspecified atom stereocenters. The van der Waals surface area contributed by atoms with E-state index in [9.17, 15) is 9.18 Å². The normalized spacial score (nSPS) is 14.2. The predicted molar refractivity (Wildman–Crippen MR) is 73.2 cm³/mol. The van der Waals surface area contributed by atoms with E-state index in [0.717, 1.165) is 5.56 Å². The third-order valence-electron chi connectivity index (χ3n) is 2.99. The molecule has 0 saturated heterocycles. The Balaban J connectivity index is 2.75. The van der Waals surface area contributed by atoms with E-state index in [1.54, 1.807) is 6.07 Å². The molecule has 4 heteroatoms. The van der Waals surface area contributed by atoms with Crippen molar-refractivity contribution in [3.8, 4) is 0 Å². The van der Waals surface area contributed by atoms with Gasteiger partial charge in [0.1, 0.15) is 11.9 Å². The number of rotatable bonds is 6. The summed E-state index contributed by atoms with van der Waals surface area (Å²) in [4.78, 5) is 11.7. The number of carbonyl (C=O) groups is 1. The molecule has 0 saturated carbocycles. The SMILES string of the molecule is COC(=O)C(CC(C)C)NC(C)c1cccc(F)c1. The number of ether oxygens (including phenoxy) is 1. The fourth-order valence-electron chi connectivity index (χ4n) is 2.02. The Morgan fingerprint density at radius 3 is 2.58 bits per heavy atom. The van der Waals surface area contributed by atoms with Gasteiger partial charge >= 0.3 is 5.97 Å². The Morgan fingerprint density at radius 2 is 2.05 bits per heavy atom. The first-order valence-electron chi connectivity index (χ1n) is 6.53. The number of hydrogen-bond acceptors (Lipinski definition) is 3. The quantitative estimate of drug-likeness (QED) is 0.805. The molecule has 0 bridgehead atoms. The molecule has 1 rings (SSSR count). The molecule has 1 N–H and O–H groups in total. The number of methoxy groups -OCH3 is 1. The molecule has 3 nitrogen and oxygen atoms in total. The monoisotopic (exact) mass is 267 g/mol. The molecule has 2 atom stereocenters. The van der Waals surface area contributed by atoms with Crippen LogP contribution in [0.2, 0.25) is 0 Å². The van der Waals surface area contributed by atoms with Crippen molar-refractivity contribution in [2.45, 2.75) is 39.3 Å². The Morgan fingerprint density at radius 1 is 1.37 bits per heavy atom. The van der Waals surface area contributed by atoms with Gasteiger partial charge in [-0.15, -0.1) is 0 Å². The topological polar surface area (TPSA) is 38.3 Å². The van der Waals surface area contributed by atoms with Crippen molar-refractivity contribution in [1.29, 1.82) is 0 Å². The second-order valence-corrected chi connectivity index (χ2v) is 5.15. The van der Waals surface area contributed by atoms with Gasteiger partial charge in [-0.05, 0) is 37.0 Å². The van der Waals surface area contributed by atoms with E-state index in [-0.39, 0.29) is 23.9 Å². The Bertz CT molecular complexity index is 420. The molecule has 0 heterocycles. The number of halogens is 1. The fraction of sp³-hybridized carbons (Fsp3) is 0.533. The van der Waals surface area contributed by atoms with Crippen molar-refractivity contribution < 1.29 is 13.9 Å². The lowest BCUT2D eigenvalue weighted by Gasteiger charge is -2.23. The molecule has 1 aromatic carbocycles. The Hall–Kier alpha value is -1.42. The zero-order chi connectivity index (χ0) is 14.4. The first-order chi connectivity index (χ1) is 8.93. The Kier molecular flexibility index (Phi) is 5.96. The van der Waals surface area contributed by atoms with Crippen LogP contribution in [0.3, 0.4) is 0 Å². The lowest BCUT2D eigenvalue weighted by molar-refractivity contribution is -0.143. The maximum absolute atomic E-state index is 13.2. The van der Waals surface area contributed by atoms with Gasteiger partial charge in [0.25, 0.3) is 0 Å². The summed E-state index contributed by atoms with van der Waals surface area (Å²) in [7, 11) is 1.38. The molecule has 106 valence electrons. The lowest BCUT2D eigenvalue weighted by Crippen LogP contribution is -2.40. The summed E-state index contributed by atoms with van der Waals surface area (Å²) in [5, 5.41) is 3.20. The van der Waals surface area contributed by atoms with Gasteiger partial charge in [-0.3, -0.25) is 10.1 Å². The number of esters is 1. The van der Waals surface area contributed by atoms with Crippen LogP contribution in [0.15, 0.2) is 24.3 Å². The highest BCUT2D eigenvalue weighted by atomic mass is 19.1. The summed E-state index contributed by atoms with van der Waals surface area (Å²) in [5.41, 5.74) is 0.817. The van der Waals surface area contributed by atoms with Crippen molar-refractivity contribution in [2.24, 2.45) is 5.92 Å². The number of benzene rings is 1. The van der Waals surface area contributed by atoms with E-state index in [0.29, 0.717) is 12.3 Å². The van der Waals surface area contributed by atoms with Gasteiger partial charge in [-0.25, -0.2) is 4.39 Å². The van der Waals surface area contributed by atoms with Gasteiger partial charge in [-0.2, -0.15) is 0 Å². The minimum absolute atomic E-state index is 0.112. The molecule has 19 heavy (non-hydrogen) atoms. The predicted octanol–water partition coefficient (Wildman–Crippen LogP) is 3.06. The average molecular weight is 267 g/mol. The molecule has 0 aromatic heterocycles. The molecular formula is C15H22FNO2. The van der Waals surface area contributed by atoms with E-state index in [1.165, 1.54) is 19.2 Å². The molecule has 0 fully saturated rings. The van der Waals surface area contributed by atoms with Gasteiger partial charge < -0.3 is 4.74 Å². The van der Waals surface area contributed by atoms with E-state index in [2.05, 4.69) is 5.32 Å². The largest absolute Gasteiger partial charge is 0.468 e. The van der Waals surface area contributed by atoms with Gasteiger partial charge in [-0.1, -0.05) is 26.0 Å². The van der Waals surface area contributed by atoms with E-state index < -0.39 is 0 Å². The van der Waals surface area contributed by atoms with Gasteiger partial charge in [0, 0.05) is 6.04 Å². The minimum Gasteiger partial charge on any atom is -0.468 e. The van der Waals surface area contributed by atoms with E-state index in [4.69, 9.17) is 4.74 Å². The smallest absolute Gasteiger partial charge is 0.322 e. The summed E-state index contributed by atoms with van der Waals surface area (Å²) in [6.45, 7) is 6.00. The summed E-state index contributed by atoms with van der Waals surface area (Å²) in [5.74, 6) is -0.183. The van der Waals surface area contributed by atoms with Crippen LogP contribution in [0.5, 0.6) is 0 Å². The van der Waals surface area contributed by atoms with Crippen LogP contribution in [0.25, 0.3) is 0 Å². The maximum atomic E-state index is 13.2. The molecule has 0 aliphatic heterocycles. The summed E-state index contributed by atoms with van der Waals surface area (Å²) >= 11 is 0. The highest BCUT2D eigenvalue weighted by Gasteiger charge is 2.22. The second kappa shape index (κ2) is 7.24. The van der Waals surface area contributed by atoms with Crippen molar-refractivity contribution in [1.82, 2.24) is 5.32 Å². The van der Waals surface area contributed by atoms with Gasteiger partial charge in [0.2, 0.25) is 0 Å². The van der Waals surface area contributed by atoms with Crippen LogP contribution in [0.1, 0.15) is 38.8 Å². The summed E-state index contributed by atoms with van der Waals surface area (Å²) in [6.07, 6.45) is 0.687. The number of nitrogens with one attached hydrogen (secondary N) is 1. The molecule has 0 aliphatic carbocycles. The summed E-state index contributed by atoms with van der Waals surface area (Å²) < 4.78 is 18.0. The third kappa shape index (κ3) is 4.99. The molecular weight excluding hydrogens is 245 g/mol. The Labute approximate surface area is 114 Å². The first-order valence-corrected chi connectivity index (χ1v) is 6.53. The van der Waals surface area contributed by atoms with Crippen molar-refractivity contribution in [3.63, 3.8) is 0 Å². The lowest BCUT2D eigenvalue weighted by atomic mass is 10.0. The highest BCUT2D eigenvalue weighted by molar-refractivity contribution is 5.75. The standard InChI is InChI=1S/C15H22FNO2/c1-10(2)8-14(15(18)19-4)17-11(3)12-6-5-7-13(16)9-12/h5-7,9-11,14,17H,8H2,1-4H3. The average Bonchev–Trinajstić information content (AvgIpc) is 2.36. The van der Waals surface area contributed by atoms with E-state index >= 15 is 0 Å². The van der Waals surface area contributed by atoms with Crippen molar-refractivity contribution >= 4 is 5.97 Å². The van der Waals surface area contributed by atoms with Crippen molar-refractivity contribution in [2.75, 3.05) is 7.11 Å². The van der Waals surface area contributed by atoms with Crippen LogP contribution < -0.4 is 5.32 Å². The van der Waals surface area contributed by atoms with Crippen LogP contribution in [0.4, 0.5) is 4.39 Å². The number of hydrogen-bond donors (Lipinski definition) is 1. The van der Waals surface area contributed by atoms with Crippen LogP contribution in [-0.4, -0.2) is 19.1 Å². The first kappa shape index (κ1) is 15.6. The van der Waals surface area contributed by atoms with E-state index in [1.807, 2.05) is 26.8 Å². The fourth-order valence-corrected chi connectivity index (χ4v) is 2.02. The highest BCUT2D eigenvalue weighted by Crippen LogP contribution is 2.16. The molecule has 0 spiro atoms. The zero-order valence-electron chi connectivity index (χ0n) is 11.9. The molecule has 0 radical (unpaired) electrons. The van der Waals surface area contributed by atoms with Gasteiger partial charge in [0.15, 0.2) is 0 Å². The van der Waals surface area contributed by atoms with Crippen LogP contribution in [-0.2, 0) is 9.53 Å². The molecule has 1 aromatic rings. The minimum atomic E-state index is -0.372. The van der Waals surface area contributed by atoms with Crippen molar-refractivity contribution in [3.05, 3.63) is 35.6 Å². The molecule has 0 aliphatic rings. The maximum Gasteiger partial charge on any atom is 0.322 e. The second-order valence-electron chi connectivity index (χ2n) is 5.15.